The van der Waals surface area contributed by atoms with E-state index in [1.54, 1.807) is 25.1 Å². The van der Waals surface area contributed by atoms with Crippen LogP contribution in [0.2, 0.25) is 5.02 Å². The van der Waals surface area contributed by atoms with E-state index in [0.29, 0.717) is 24.5 Å². The fourth-order valence-electron chi connectivity index (χ4n) is 3.50. The number of halogens is 1. The lowest BCUT2D eigenvalue weighted by Crippen LogP contribution is -2.40. The third-order valence-electron chi connectivity index (χ3n) is 4.97. The SMILES string of the molecule is COc1ccc(C2SCCC(=O)N2CCNc2ccnc3cc(Cl)ccc23)cc1. The van der Waals surface area contributed by atoms with Gasteiger partial charge in [0.05, 0.1) is 12.6 Å². The highest BCUT2D eigenvalue weighted by Crippen LogP contribution is 2.37. The van der Waals surface area contributed by atoms with Gasteiger partial charge in [0.2, 0.25) is 5.91 Å². The van der Waals surface area contributed by atoms with Crippen LogP contribution in [0.4, 0.5) is 5.69 Å². The van der Waals surface area contributed by atoms with E-state index in [0.717, 1.165) is 33.7 Å². The van der Waals surface area contributed by atoms with Gasteiger partial charge in [-0.05, 0) is 42.0 Å². The third kappa shape index (κ3) is 4.43. The Bertz CT molecular complexity index is 1010. The summed E-state index contributed by atoms with van der Waals surface area (Å²) in [6.45, 7) is 1.28. The van der Waals surface area contributed by atoms with Crippen molar-refractivity contribution in [1.82, 2.24) is 9.88 Å². The largest absolute Gasteiger partial charge is 0.497 e. The number of rotatable bonds is 6. The first kappa shape index (κ1) is 19.9. The number of pyridine rings is 1. The monoisotopic (exact) mass is 427 g/mol. The summed E-state index contributed by atoms with van der Waals surface area (Å²) in [7, 11) is 1.66. The zero-order chi connectivity index (χ0) is 20.2. The van der Waals surface area contributed by atoms with Crippen molar-refractivity contribution in [2.24, 2.45) is 0 Å². The van der Waals surface area contributed by atoms with Gasteiger partial charge in [-0.25, -0.2) is 0 Å². The van der Waals surface area contributed by atoms with Crippen molar-refractivity contribution >= 4 is 45.9 Å². The number of benzene rings is 2. The number of carbonyl (C=O) groups excluding carboxylic acids is 1. The maximum Gasteiger partial charge on any atom is 0.224 e. The van der Waals surface area contributed by atoms with Gasteiger partial charge >= 0.3 is 0 Å². The molecule has 3 aromatic rings. The lowest BCUT2D eigenvalue weighted by molar-refractivity contribution is -0.131. The molecule has 0 radical (unpaired) electrons. The van der Waals surface area contributed by atoms with Gasteiger partial charge in [0.15, 0.2) is 0 Å². The maximum absolute atomic E-state index is 12.6. The predicted molar refractivity (Wildman–Crippen MR) is 120 cm³/mol. The summed E-state index contributed by atoms with van der Waals surface area (Å²) in [5.74, 6) is 1.85. The van der Waals surface area contributed by atoms with E-state index in [4.69, 9.17) is 16.3 Å². The molecule has 1 amide bonds. The molecule has 150 valence electrons. The smallest absolute Gasteiger partial charge is 0.224 e. The molecule has 1 N–H and O–H groups in total. The van der Waals surface area contributed by atoms with Gasteiger partial charge in [-0.3, -0.25) is 9.78 Å². The van der Waals surface area contributed by atoms with Gasteiger partial charge in [-0.1, -0.05) is 23.7 Å². The molecule has 1 saturated heterocycles. The summed E-state index contributed by atoms with van der Waals surface area (Å²) < 4.78 is 5.25. The number of thioether (sulfide) groups is 1. The minimum Gasteiger partial charge on any atom is -0.497 e. The molecule has 1 aliphatic heterocycles. The Morgan fingerprint density at radius 1 is 1.24 bits per heavy atom. The number of aromatic nitrogens is 1. The first-order chi connectivity index (χ1) is 14.2. The van der Waals surface area contributed by atoms with E-state index in [-0.39, 0.29) is 11.3 Å². The summed E-state index contributed by atoms with van der Waals surface area (Å²) in [6, 6.07) is 15.6. The minimum absolute atomic E-state index is 0.0250. The van der Waals surface area contributed by atoms with E-state index < -0.39 is 0 Å². The molecule has 2 aromatic carbocycles. The average Bonchev–Trinajstić information content (AvgIpc) is 2.74. The van der Waals surface area contributed by atoms with E-state index in [9.17, 15) is 4.79 Å². The molecule has 5 nitrogen and oxygen atoms in total. The minimum atomic E-state index is 0.0250. The van der Waals surface area contributed by atoms with Crippen LogP contribution >= 0.6 is 23.4 Å². The molecule has 4 rings (SSSR count). The van der Waals surface area contributed by atoms with Crippen LogP contribution in [-0.4, -0.2) is 41.7 Å². The van der Waals surface area contributed by atoms with Gasteiger partial charge in [-0.15, -0.1) is 11.8 Å². The second kappa shape index (κ2) is 8.93. The molecule has 1 unspecified atom stereocenters. The van der Waals surface area contributed by atoms with Gasteiger partial charge in [0, 0.05) is 47.6 Å². The lowest BCUT2D eigenvalue weighted by atomic mass is 10.1. The first-order valence-electron chi connectivity index (χ1n) is 9.49. The molecule has 1 aromatic heterocycles. The average molecular weight is 428 g/mol. The molecule has 7 heteroatoms. The zero-order valence-electron chi connectivity index (χ0n) is 16.1. The molecule has 0 bridgehead atoms. The third-order valence-corrected chi connectivity index (χ3v) is 6.49. The topological polar surface area (TPSA) is 54.5 Å². The summed E-state index contributed by atoms with van der Waals surface area (Å²) in [5, 5.41) is 5.17. The van der Waals surface area contributed by atoms with Crippen LogP contribution in [0.3, 0.4) is 0 Å². The van der Waals surface area contributed by atoms with Crippen LogP contribution in [0, 0.1) is 0 Å². The van der Waals surface area contributed by atoms with Crippen molar-refractivity contribution in [3.63, 3.8) is 0 Å². The highest BCUT2D eigenvalue weighted by molar-refractivity contribution is 7.99. The Morgan fingerprint density at radius 3 is 2.86 bits per heavy atom. The number of fused-ring (bicyclic) bond motifs is 1. The quantitative estimate of drug-likeness (QED) is 0.601. The van der Waals surface area contributed by atoms with Gasteiger partial charge in [0.25, 0.3) is 0 Å². The van der Waals surface area contributed by atoms with Crippen molar-refractivity contribution in [1.29, 1.82) is 0 Å². The number of amides is 1. The standard InChI is InChI=1S/C22H22ClN3O2S/c1-28-17-5-2-15(3-6-17)22-26(21(27)9-13-29-22)12-11-25-19-8-10-24-20-14-16(23)4-7-18(19)20/h2-8,10,14,22H,9,11-13H2,1H3,(H,24,25). The van der Waals surface area contributed by atoms with Gasteiger partial charge in [0.1, 0.15) is 11.1 Å². The molecule has 1 fully saturated rings. The Morgan fingerprint density at radius 2 is 2.07 bits per heavy atom. The fraction of sp³-hybridized carbons (Fsp3) is 0.273. The zero-order valence-corrected chi connectivity index (χ0v) is 17.7. The summed E-state index contributed by atoms with van der Waals surface area (Å²) in [4.78, 5) is 19.0. The lowest BCUT2D eigenvalue weighted by Gasteiger charge is -2.35. The van der Waals surface area contributed by atoms with E-state index >= 15 is 0 Å². The van der Waals surface area contributed by atoms with Gasteiger partial charge in [-0.2, -0.15) is 0 Å². The highest BCUT2D eigenvalue weighted by Gasteiger charge is 2.29. The molecule has 0 saturated carbocycles. The van der Waals surface area contributed by atoms with Crippen molar-refractivity contribution in [3.05, 3.63) is 65.3 Å². The number of methoxy groups -OCH3 is 1. The highest BCUT2D eigenvalue weighted by atomic mass is 35.5. The second-order valence-electron chi connectivity index (χ2n) is 6.78. The number of ether oxygens (including phenoxy) is 1. The number of hydrogen-bond acceptors (Lipinski definition) is 5. The van der Waals surface area contributed by atoms with Crippen LogP contribution in [0.5, 0.6) is 5.75 Å². The van der Waals surface area contributed by atoms with Crippen molar-refractivity contribution < 1.29 is 9.53 Å². The Labute approximate surface area is 179 Å². The normalized spacial score (nSPS) is 16.8. The first-order valence-corrected chi connectivity index (χ1v) is 10.9. The molecular weight excluding hydrogens is 406 g/mol. The number of nitrogens with zero attached hydrogens (tertiary/aromatic N) is 2. The number of hydrogen-bond donors (Lipinski definition) is 1. The molecular formula is C22H22ClN3O2S. The van der Waals surface area contributed by atoms with Crippen LogP contribution in [-0.2, 0) is 4.79 Å². The number of nitrogens with one attached hydrogen (secondary N) is 1. The van der Waals surface area contributed by atoms with E-state index in [1.807, 2.05) is 53.4 Å². The molecule has 0 aliphatic carbocycles. The van der Waals surface area contributed by atoms with Crippen LogP contribution in [0.15, 0.2) is 54.7 Å². The van der Waals surface area contributed by atoms with Crippen LogP contribution in [0.25, 0.3) is 10.9 Å². The van der Waals surface area contributed by atoms with Gasteiger partial charge < -0.3 is 15.0 Å². The molecule has 29 heavy (non-hydrogen) atoms. The molecule has 0 spiro atoms. The second-order valence-corrected chi connectivity index (χ2v) is 8.40. The van der Waals surface area contributed by atoms with Crippen molar-refractivity contribution in [3.8, 4) is 5.75 Å². The Kier molecular flexibility index (Phi) is 6.11. The van der Waals surface area contributed by atoms with Crippen LogP contribution < -0.4 is 10.1 Å². The van der Waals surface area contributed by atoms with Crippen molar-refractivity contribution in [2.75, 3.05) is 31.3 Å². The Balaban J connectivity index is 1.47. The fourth-order valence-corrected chi connectivity index (χ4v) is 4.93. The summed E-state index contributed by atoms with van der Waals surface area (Å²) in [5.41, 5.74) is 2.96. The predicted octanol–water partition coefficient (Wildman–Crippen LogP) is 4.97. The molecule has 1 aliphatic rings. The Hall–Kier alpha value is -2.44. The van der Waals surface area contributed by atoms with E-state index in [1.165, 1.54) is 0 Å². The molecule has 2 heterocycles. The van der Waals surface area contributed by atoms with E-state index in [2.05, 4.69) is 10.3 Å². The van der Waals surface area contributed by atoms with Crippen molar-refractivity contribution in [2.45, 2.75) is 11.8 Å². The maximum atomic E-state index is 12.6. The number of anilines is 1. The van der Waals surface area contributed by atoms with Crippen LogP contribution in [0.1, 0.15) is 17.4 Å². The summed E-state index contributed by atoms with van der Waals surface area (Å²) >= 11 is 7.88. The summed E-state index contributed by atoms with van der Waals surface area (Å²) in [6.07, 6.45) is 2.34. The number of carbonyl (C=O) groups is 1. The molecule has 1 atom stereocenters.